The van der Waals surface area contributed by atoms with Gasteiger partial charge in [-0.15, -0.1) is 0 Å². The summed E-state index contributed by atoms with van der Waals surface area (Å²) in [5.41, 5.74) is 1.22. The molecule has 1 heterocycles. The van der Waals surface area contributed by atoms with Gasteiger partial charge >= 0.3 is 0 Å². The Morgan fingerprint density at radius 1 is 1.08 bits per heavy atom. The van der Waals surface area contributed by atoms with E-state index in [-0.39, 0.29) is 10.8 Å². The summed E-state index contributed by atoms with van der Waals surface area (Å²) in [6.45, 7) is 1.22. The first kappa shape index (κ1) is 18.0. The van der Waals surface area contributed by atoms with Crippen LogP contribution < -0.4 is 14.8 Å². The molecule has 7 heteroatoms. The summed E-state index contributed by atoms with van der Waals surface area (Å²) in [7, 11) is -3.32. The highest BCUT2D eigenvalue weighted by Gasteiger charge is 2.10. The van der Waals surface area contributed by atoms with Crippen LogP contribution in [0.25, 0.3) is 6.08 Å². The van der Waals surface area contributed by atoms with Crippen LogP contribution in [-0.2, 0) is 14.6 Å². The molecule has 6 nitrogen and oxygen atoms in total. The molecular weight excluding hydrogens is 354 g/mol. The average molecular weight is 373 g/mol. The molecule has 0 fully saturated rings. The minimum Gasteiger partial charge on any atom is -0.490 e. The van der Waals surface area contributed by atoms with Gasteiger partial charge in [0.05, 0.1) is 18.1 Å². The fourth-order valence-electron chi connectivity index (χ4n) is 2.44. The Hall–Kier alpha value is -2.80. The average Bonchev–Trinajstić information content (AvgIpc) is 2.84. The predicted octanol–water partition coefficient (Wildman–Crippen LogP) is 2.90. The Balaban J connectivity index is 1.69. The van der Waals surface area contributed by atoms with E-state index in [1.807, 2.05) is 18.2 Å². The summed E-state index contributed by atoms with van der Waals surface area (Å²) >= 11 is 0. The molecule has 1 N–H and O–H groups in total. The quantitative estimate of drug-likeness (QED) is 0.834. The molecule has 1 amide bonds. The van der Waals surface area contributed by atoms with E-state index in [9.17, 15) is 13.2 Å². The summed E-state index contributed by atoms with van der Waals surface area (Å²) in [6.07, 6.45) is 4.99. The summed E-state index contributed by atoms with van der Waals surface area (Å²) in [6, 6.07) is 11.6. The van der Waals surface area contributed by atoms with Crippen molar-refractivity contribution in [1.29, 1.82) is 0 Å². The number of anilines is 1. The van der Waals surface area contributed by atoms with Gasteiger partial charge in [0.15, 0.2) is 21.3 Å². The zero-order valence-corrected chi connectivity index (χ0v) is 15.1. The van der Waals surface area contributed by atoms with Gasteiger partial charge in [-0.05, 0) is 42.0 Å². The molecule has 1 aliphatic heterocycles. The maximum atomic E-state index is 12.1. The van der Waals surface area contributed by atoms with Crippen LogP contribution in [-0.4, -0.2) is 33.8 Å². The number of ether oxygens (including phenoxy) is 2. The van der Waals surface area contributed by atoms with E-state index in [0.717, 1.165) is 18.2 Å². The topological polar surface area (TPSA) is 81.7 Å². The highest BCUT2D eigenvalue weighted by molar-refractivity contribution is 7.90. The lowest BCUT2D eigenvalue weighted by Crippen LogP contribution is -2.08. The van der Waals surface area contributed by atoms with Crippen molar-refractivity contribution < 1.29 is 22.7 Å². The van der Waals surface area contributed by atoms with Gasteiger partial charge in [0.25, 0.3) is 0 Å². The Labute approximate surface area is 152 Å². The Morgan fingerprint density at radius 3 is 2.62 bits per heavy atom. The number of amides is 1. The normalized spacial score (nSPS) is 14.0. The maximum absolute atomic E-state index is 12.1. The Morgan fingerprint density at radius 2 is 1.85 bits per heavy atom. The van der Waals surface area contributed by atoms with Crippen LogP contribution in [0.1, 0.15) is 12.0 Å². The molecular formula is C19H19NO5S. The SMILES string of the molecule is CS(=O)(=O)c1cccc(NC(=O)/C=C/c2ccc3c(c2)OCCCO3)c1. The summed E-state index contributed by atoms with van der Waals surface area (Å²) in [5, 5.41) is 2.65. The molecule has 0 saturated carbocycles. The third-order valence-electron chi connectivity index (χ3n) is 3.73. The van der Waals surface area contributed by atoms with Crippen LogP contribution in [0.2, 0.25) is 0 Å². The highest BCUT2D eigenvalue weighted by atomic mass is 32.2. The summed E-state index contributed by atoms with van der Waals surface area (Å²) in [4.78, 5) is 12.2. The largest absolute Gasteiger partial charge is 0.490 e. The van der Waals surface area contributed by atoms with Crippen molar-refractivity contribution in [3.05, 3.63) is 54.1 Å². The van der Waals surface area contributed by atoms with Gasteiger partial charge in [0, 0.05) is 24.4 Å². The maximum Gasteiger partial charge on any atom is 0.248 e. The van der Waals surface area contributed by atoms with Gasteiger partial charge in [0.2, 0.25) is 5.91 Å². The third-order valence-corrected chi connectivity index (χ3v) is 4.84. The monoisotopic (exact) mass is 373 g/mol. The van der Waals surface area contributed by atoms with Crippen molar-refractivity contribution in [2.24, 2.45) is 0 Å². The van der Waals surface area contributed by atoms with E-state index in [1.54, 1.807) is 18.2 Å². The lowest BCUT2D eigenvalue weighted by molar-refractivity contribution is -0.111. The molecule has 0 bridgehead atoms. The number of benzene rings is 2. The van der Waals surface area contributed by atoms with E-state index >= 15 is 0 Å². The van der Waals surface area contributed by atoms with E-state index < -0.39 is 9.84 Å². The number of hydrogen-bond acceptors (Lipinski definition) is 5. The smallest absolute Gasteiger partial charge is 0.248 e. The van der Waals surface area contributed by atoms with E-state index in [4.69, 9.17) is 9.47 Å². The molecule has 1 aliphatic rings. The lowest BCUT2D eigenvalue weighted by Gasteiger charge is -2.07. The molecule has 26 heavy (non-hydrogen) atoms. The number of fused-ring (bicyclic) bond motifs is 1. The number of rotatable bonds is 4. The molecule has 0 atom stereocenters. The zero-order chi connectivity index (χ0) is 18.6. The number of sulfone groups is 1. The molecule has 0 saturated heterocycles. The van der Waals surface area contributed by atoms with Crippen LogP contribution in [0.4, 0.5) is 5.69 Å². The standard InChI is InChI=1S/C19H19NO5S/c1-26(22,23)16-5-2-4-15(13-16)20-19(21)9-7-14-6-8-17-18(12-14)25-11-3-10-24-17/h2,4-9,12-13H,3,10-11H2,1H3,(H,20,21)/b9-7+. The van der Waals surface area contributed by atoms with Gasteiger partial charge in [-0.1, -0.05) is 12.1 Å². The van der Waals surface area contributed by atoms with E-state index in [1.165, 1.54) is 18.2 Å². The number of carbonyl (C=O) groups is 1. The second kappa shape index (κ2) is 7.61. The van der Waals surface area contributed by atoms with Crippen LogP contribution in [0.5, 0.6) is 11.5 Å². The molecule has 0 radical (unpaired) electrons. The lowest BCUT2D eigenvalue weighted by atomic mass is 10.2. The van der Waals surface area contributed by atoms with Crippen molar-refractivity contribution in [2.45, 2.75) is 11.3 Å². The summed E-state index contributed by atoms with van der Waals surface area (Å²) < 4.78 is 34.3. The van der Waals surface area contributed by atoms with Crippen molar-refractivity contribution >= 4 is 27.5 Å². The Bertz CT molecular complexity index is 950. The van der Waals surface area contributed by atoms with Gasteiger partial charge in [-0.3, -0.25) is 4.79 Å². The second-order valence-electron chi connectivity index (χ2n) is 5.88. The minimum absolute atomic E-state index is 0.155. The second-order valence-corrected chi connectivity index (χ2v) is 7.89. The highest BCUT2D eigenvalue weighted by Crippen LogP contribution is 2.30. The fraction of sp³-hybridized carbons (Fsp3) is 0.211. The van der Waals surface area contributed by atoms with Gasteiger partial charge < -0.3 is 14.8 Å². The number of carbonyl (C=O) groups excluding carboxylic acids is 1. The van der Waals surface area contributed by atoms with Crippen LogP contribution in [0, 0.1) is 0 Å². The molecule has 0 aromatic heterocycles. The van der Waals surface area contributed by atoms with Crippen molar-refractivity contribution in [3.8, 4) is 11.5 Å². The van der Waals surface area contributed by atoms with Crippen LogP contribution >= 0.6 is 0 Å². The van der Waals surface area contributed by atoms with Gasteiger partial charge in [-0.25, -0.2) is 8.42 Å². The molecule has 136 valence electrons. The first-order valence-corrected chi connectivity index (χ1v) is 10.00. The Kier molecular flexibility index (Phi) is 5.27. The molecule has 2 aromatic carbocycles. The molecule has 0 unspecified atom stereocenters. The molecule has 0 aliphatic carbocycles. The van der Waals surface area contributed by atoms with Gasteiger partial charge in [0.1, 0.15) is 0 Å². The summed E-state index contributed by atoms with van der Waals surface area (Å²) in [5.74, 6) is 0.996. The predicted molar refractivity (Wildman–Crippen MR) is 99.3 cm³/mol. The fourth-order valence-corrected chi connectivity index (χ4v) is 3.11. The van der Waals surface area contributed by atoms with Crippen LogP contribution in [0.3, 0.4) is 0 Å². The van der Waals surface area contributed by atoms with Crippen LogP contribution in [0.15, 0.2) is 53.4 Å². The van der Waals surface area contributed by atoms with Gasteiger partial charge in [-0.2, -0.15) is 0 Å². The van der Waals surface area contributed by atoms with Crippen molar-refractivity contribution in [1.82, 2.24) is 0 Å². The number of hydrogen-bond donors (Lipinski definition) is 1. The van der Waals surface area contributed by atoms with Crippen molar-refractivity contribution in [3.63, 3.8) is 0 Å². The van der Waals surface area contributed by atoms with E-state index in [2.05, 4.69) is 5.32 Å². The number of nitrogens with one attached hydrogen (secondary N) is 1. The van der Waals surface area contributed by atoms with Crippen molar-refractivity contribution in [2.75, 3.05) is 24.8 Å². The first-order valence-electron chi connectivity index (χ1n) is 8.11. The minimum atomic E-state index is -3.32. The van der Waals surface area contributed by atoms with E-state index in [0.29, 0.717) is 30.4 Å². The zero-order valence-electron chi connectivity index (χ0n) is 14.3. The molecule has 3 rings (SSSR count). The first-order chi connectivity index (χ1) is 12.4. The molecule has 0 spiro atoms. The third kappa shape index (κ3) is 4.64. The molecule has 2 aromatic rings.